The Bertz CT molecular complexity index is 358. The zero-order chi connectivity index (χ0) is 12.3. The van der Waals surface area contributed by atoms with Crippen LogP contribution in [-0.4, -0.2) is 40.5 Å². The molecule has 6 heteroatoms. The van der Waals surface area contributed by atoms with E-state index in [0.717, 1.165) is 13.1 Å². The standard InChI is InChI=1S/C11H20N4O2/c1-11(16,8-12)7-9-13-10(14-17-9)15-5-3-2-4-6-15/h16H,2-8,12H2,1H3. The predicted octanol–water partition coefficient (Wildman–Crippen LogP) is 0.312. The van der Waals surface area contributed by atoms with E-state index in [4.69, 9.17) is 10.3 Å². The number of hydrogen-bond acceptors (Lipinski definition) is 6. The van der Waals surface area contributed by atoms with Crippen molar-refractivity contribution in [3.8, 4) is 0 Å². The van der Waals surface area contributed by atoms with Crippen molar-refractivity contribution in [1.29, 1.82) is 0 Å². The lowest BCUT2D eigenvalue weighted by Gasteiger charge is -2.24. The number of anilines is 1. The van der Waals surface area contributed by atoms with Crippen LogP contribution in [0.25, 0.3) is 0 Å². The molecule has 1 atom stereocenters. The van der Waals surface area contributed by atoms with Gasteiger partial charge in [-0.25, -0.2) is 0 Å². The first-order valence-corrected chi connectivity index (χ1v) is 6.11. The van der Waals surface area contributed by atoms with Gasteiger partial charge in [-0.3, -0.25) is 0 Å². The lowest BCUT2D eigenvalue weighted by atomic mass is 10.0. The molecule has 1 saturated heterocycles. The zero-order valence-corrected chi connectivity index (χ0v) is 10.2. The normalized spacial score (nSPS) is 20.3. The maximum Gasteiger partial charge on any atom is 0.266 e. The van der Waals surface area contributed by atoms with Gasteiger partial charge in [-0.05, 0) is 31.3 Å². The minimum Gasteiger partial charge on any atom is -0.388 e. The molecule has 0 amide bonds. The van der Waals surface area contributed by atoms with Crippen molar-refractivity contribution in [1.82, 2.24) is 10.1 Å². The Morgan fingerprint density at radius 2 is 2.12 bits per heavy atom. The topological polar surface area (TPSA) is 88.4 Å². The molecule has 17 heavy (non-hydrogen) atoms. The summed E-state index contributed by atoms with van der Waals surface area (Å²) in [6, 6.07) is 0. The summed E-state index contributed by atoms with van der Waals surface area (Å²) in [5, 5.41) is 13.8. The van der Waals surface area contributed by atoms with Crippen molar-refractivity contribution in [2.45, 2.75) is 38.2 Å². The molecule has 2 rings (SSSR count). The zero-order valence-electron chi connectivity index (χ0n) is 10.2. The third kappa shape index (κ3) is 3.17. The first-order valence-electron chi connectivity index (χ1n) is 6.11. The minimum atomic E-state index is -0.980. The summed E-state index contributed by atoms with van der Waals surface area (Å²) in [6.07, 6.45) is 3.90. The highest BCUT2D eigenvalue weighted by Crippen LogP contribution is 2.18. The second-order valence-electron chi connectivity index (χ2n) is 4.91. The molecule has 96 valence electrons. The maximum absolute atomic E-state index is 9.83. The summed E-state index contributed by atoms with van der Waals surface area (Å²) in [5.74, 6) is 1.08. The molecule has 1 aromatic heterocycles. The molecule has 1 aliphatic rings. The van der Waals surface area contributed by atoms with Crippen LogP contribution in [0.4, 0.5) is 5.95 Å². The van der Waals surface area contributed by atoms with Crippen molar-refractivity contribution in [3.63, 3.8) is 0 Å². The molecule has 1 fully saturated rings. The van der Waals surface area contributed by atoms with Crippen LogP contribution in [0.15, 0.2) is 4.52 Å². The van der Waals surface area contributed by atoms with Crippen LogP contribution in [0.2, 0.25) is 0 Å². The summed E-state index contributed by atoms with van der Waals surface area (Å²) >= 11 is 0. The van der Waals surface area contributed by atoms with E-state index in [9.17, 15) is 5.11 Å². The Balaban J connectivity index is 2.00. The van der Waals surface area contributed by atoms with Gasteiger partial charge in [-0.2, -0.15) is 4.98 Å². The van der Waals surface area contributed by atoms with Crippen LogP contribution in [0, 0.1) is 0 Å². The molecule has 1 unspecified atom stereocenters. The number of aromatic nitrogens is 2. The SMILES string of the molecule is CC(O)(CN)Cc1nc(N2CCCCC2)no1. The third-order valence-corrected chi connectivity index (χ3v) is 3.07. The van der Waals surface area contributed by atoms with E-state index in [2.05, 4.69) is 15.0 Å². The first-order chi connectivity index (χ1) is 8.11. The van der Waals surface area contributed by atoms with Crippen LogP contribution in [-0.2, 0) is 6.42 Å². The monoisotopic (exact) mass is 240 g/mol. The smallest absolute Gasteiger partial charge is 0.266 e. The molecule has 2 heterocycles. The average Bonchev–Trinajstić information content (AvgIpc) is 2.78. The van der Waals surface area contributed by atoms with Gasteiger partial charge in [0.05, 0.1) is 12.0 Å². The van der Waals surface area contributed by atoms with Gasteiger partial charge in [0.1, 0.15) is 0 Å². The highest BCUT2D eigenvalue weighted by molar-refractivity contribution is 5.28. The number of aliphatic hydroxyl groups is 1. The van der Waals surface area contributed by atoms with Gasteiger partial charge < -0.3 is 20.3 Å². The lowest BCUT2D eigenvalue weighted by molar-refractivity contribution is 0.0610. The van der Waals surface area contributed by atoms with Gasteiger partial charge >= 0.3 is 0 Å². The Labute approximate surface area is 101 Å². The molecule has 0 bridgehead atoms. The molecule has 1 aromatic rings. The van der Waals surface area contributed by atoms with Gasteiger partial charge in [0.15, 0.2) is 0 Å². The number of piperidine rings is 1. The van der Waals surface area contributed by atoms with E-state index in [-0.39, 0.29) is 6.54 Å². The molecule has 0 radical (unpaired) electrons. The summed E-state index contributed by atoms with van der Waals surface area (Å²) < 4.78 is 5.14. The first kappa shape index (κ1) is 12.3. The van der Waals surface area contributed by atoms with Gasteiger partial charge in [0.2, 0.25) is 5.89 Å². The van der Waals surface area contributed by atoms with Gasteiger partial charge in [0.25, 0.3) is 5.95 Å². The van der Waals surface area contributed by atoms with Gasteiger partial charge in [0, 0.05) is 19.6 Å². The maximum atomic E-state index is 9.83. The van der Waals surface area contributed by atoms with Crippen molar-refractivity contribution in [2.24, 2.45) is 5.73 Å². The molecule has 6 nitrogen and oxygen atoms in total. The van der Waals surface area contributed by atoms with Crippen molar-refractivity contribution >= 4 is 5.95 Å². The van der Waals surface area contributed by atoms with E-state index in [1.165, 1.54) is 19.3 Å². The number of nitrogens with zero attached hydrogens (tertiary/aromatic N) is 3. The molecule has 0 saturated carbocycles. The number of hydrogen-bond donors (Lipinski definition) is 2. The Morgan fingerprint density at radius 3 is 2.76 bits per heavy atom. The second kappa shape index (κ2) is 5.01. The highest BCUT2D eigenvalue weighted by Gasteiger charge is 2.24. The predicted molar refractivity (Wildman–Crippen MR) is 63.7 cm³/mol. The molecule has 0 spiro atoms. The quantitative estimate of drug-likeness (QED) is 0.787. The number of nitrogens with two attached hydrogens (primary N) is 1. The summed E-state index contributed by atoms with van der Waals surface area (Å²) in [7, 11) is 0. The van der Waals surface area contributed by atoms with Crippen molar-refractivity contribution < 1.29 is 9.63 Å². The number of rotatable bonds is 4. The van der Waals surface area contributed by atoms with E-state index < -0.39 is 5.60 Å². The molecular formula is C11H20N4O2. The van der Waals surface area contributed by atoms with Crippen LogP contribution < -0.4 is 10.6 Å². The fraction of sp³-hybridized carbons (Fsp3) is 0.818. The summed E-state index contributed by atoms with van der Waals surface area (Å²) in [6.45, 7) is 3.80. The Hall–Kier alpha value is -1.14. The molecule has 0 aromatic carbocycles. The lowest BCUT2D eigenvalue weighted by Crippen LogP contribution is -2.36. The summed E-state index contributed by atoms with van der Waals surface area (Å²) in [4.78, 5) is 6.42. The van der Waals surface area contributed by atoms with E-state index in [0.29, 0.717) is 18.3 Å². The second-order valence-corrected chi connectivity index (χ2v) is 4.91. The van der Waals surface area contributed by atoms with E-state index in [1.807, 2.05) is 0 Å². The third-order valence-electron chi connectivity index (χ3n) is 3.07. The van der Waals surface area contributed by atoms with Crippen LogP contribution >= 0.6 is 0 Å². The molecule has 3 N–H and O–H groups in total. The molecule has 1 aliphatic heterocycles. The fourth-order valence-corrected chi connectivity index (χ4v) is 1.94. The van der Waals surface area contributed by atoms with Crippen LogP contribution in [0.5, 0.6) is 0 Å². The van der Waals surface area contributed by atoms with Crippen molar-refractivity contribution in [2.75, 3.05) is 24.5 Å². The van der Waals surface area contributed by atoms with E-state index >= 15 is 0 Å². The average molecular weight is 240 g/mol. The van der Waals surface area contributed by atoms with E-state index in [1.54, 1.807) is 6.92 Å². The highest BCUT2D eigenvalue weighted by atomic mass is 16.5. The van der Waals surface area contributed by atoms with Crippen LogP contribution in [0.3, 0.4) is 0 Å². The summed E-state index contributed by atoms with van der Waals surface area (Å²) in [5.41, 5.74) is 4.47. The largest absolute Gasteiger partial charge is 0.388 e. The molecular weight excluding hydrogens is 220 g/mol. The van der Waals surface area contributed by atoms with Gasteiger partial charge in [-0.1, -0.05) is 0 Å². The Morgan fingerprint density at radius 1 is 1.41 bits per heavy atom. The Kier molecular flexibility index (Phi) is 3.63. The van der Waals surface area contributed by atoms with Gasteiger partial charge in [-0.15, -0.1) is 0 Å². The van der Waals surface area contributed by atoms with Crippen molar-refractivity contribution in [3.05, 3.63) is 5.89 Å². The molecule has 0 aliphatic carbocycles. The van der Waals surface area contributed by atoms with Crippen LogP contribution in [0.1, 0.15) is 32.1 Å². The minimum absolute atomic E-state index is 0.175. The fourth-order valence-electron chi connectivity index (χ4n) is 1.94.